The summed E-state index contributed by atoms with van der Waals surface area (Å²) in [5.74, 6) is -0.0350. The van der Waals surface area contributed by atoms with E-state index in [1.54, 1.807) is 0 Å². The minimum absolute atomic E-state index is 0. The summed E-state index contributed by atoms with van der Waals surface area (Å²) in [6, 6.07) is 6.06. The summed E-state index contributed by atoms with van der Waals surface area (Å²) in [5, 5.41) is 2.97. The van der Waals surface area contributed by atoms with Crippen molar-refractivity contribution in [3.63, 3.8) is 0 Å². The largest absolute Gasteiger partial charge is 0.324 e. The van der Waals surface area contributed by atoms with Crippen LogP contribution in [-0.2, 0) is 4.79 Å². The molecule has 0 unspecified atom stereocenters. The van der Waals surface area contributed by atoms with Crippen molar-refractivity contribution in [3.8, 4) is 0 Å². The molecule has 1 aromatic rings. The lowest BCUT2D eigenvalue weighted by Crippen LogP contribution is -2.52. The molecule has 0 bridgehead atoms. The molecule has 3 nitrogen and oxygen atoms in total. The molecule has 0 atom stereocenters. The fourth-order valence-corrected chi connectivity index (χ4v) is 2.71. The monoisotopic (exact) mass is 282 g/mol. The summed E-state index contributed by atoms with van der Waals surface area (Å²) < 4.78 is 0. The Bertz CT molecular complexity index is 433. The standard InChI is InChI=1S/C15H22N2O.ClH/c1-11-8-12(2)10-13(9-11)17-14(18)15(16)6-4-3-5-7-15;/h8-10H,3-7,16H2,1-2H3,(H,17,18);1H. The summed E-state index contributed by atoms with van der Waals surface area (Å²) >= 11 is 0. The Labute approximate surface area is 121 Å². The first-order chi connectivity index (χ1) is 8.49. The van der Waals surface area contributed by atoms with E-state index in [4.69, 9.17) is 5.73 Å². The van der Waals surface area contributed by atoms with Crippen LogP contribution in [0.2, 0.25) is 0 Å². The second kappa shape index (κ2) is 6.40. The first-order valence-corrected chi connectivity index (χ1v) is 6.68. The third-order valence-electron chi connectivity index (χ3n) is 3.68. The van der Waals surface area contributed by atoms with Crippen LogP contribution >= 0.6 is 12.4 Å². The lowest BCUT2D eigenvalue weighted by atomic mass is 9.82. The zero-order chi connectivity index (χ0) is 13.2. The molecule has 0 radical (unpaired) electrons. The van der Waals surface area contributed by atoms with Gasteiger partial charge >= 0.3 is 0 Å². The van der Waals surface area contributed by atoms with Gasteiger partial charge in [0.2, 0.25) is 5.91 Å². The van der Waals surface area contributed by atoms with Crippen molar-refractivity contribution in [2.75, 3.05) is 5.32 Å². The van der Waals surface area contributed by atoms with Crippen LogP contribution in [0.25, 0.3) is 0 Å². The molecule has 106 valence electrons. The first kappa shape index (κ1) is 16.0. The Balaban J connectivity index is 0.00000180. The molecule has 1 saturated carbocycles. The van der Waals surface area contributed by atoms with Crippen LogP contribution in [0.4, 0.5) is 5.69 Å². The van der Waals surface area contributed by atoms with Gasteiger partial charge in [-0.05, 0) is 49.9 Å². The topological polar surface area (TPSA) is 55.1 Å². The molecule has 19 heavy (non-hydrogen) atoms. The molecule has 4 heteroatoms. The van der Waals surface area contributed by atoms with Crippen molar-refractivity contribution in [3.05, 3.63) is 29.3 Å². The maximum absolute atomic E-state index is 12.3. The van der Waals surface area contributed by atoms with E-state index in [1.807, 2.05) is 26.0 Å². The molecule has 1 aliphatic rings. The fraction of sp³-hybridized carbons (Fsp3) is 0.533. The SMILES string of the molecule is Cc1cc(C)cc(NC(=O)C2(N)CCCCC2)c1.Cl. The van der Waals surface area contributed by atoms with E-state index in [0.29, 0.717) is 0 Å². The summed E-state index contributed by atoms with van der Waals surface area (Å²) in [6.07, 6.45) is 4.89. The van der Waals surface area contributed by atoms with Crippen LogP contribution in [0, 0.1) is 13.8 Å². The second-order valence-electron chi connectivity index (χ2n) is 5.55. The van der Waals surface area contributed by atoms with Gasteiger partial charge in [0.15, 0.2) is 0 Å². The third kappa shape index (κ3) is 3.95. The highest BCUT2D eigenvalue weighted by Gasteiger charge is 2.35. The number of halogens is 1. The van der Waals surface area contributed by atoms with Gasteiger partial charge in [-0.3, -0.25) is 4.79 Å². The molecular formula is C15H23ClN2O. The number of rotatable bonds is 2. The highest BCUT2D eigenvalue weighted by Crippen LogP contribution is 2.27. The average molecular weight is 283 g/mol. The van der Waals surface area contributed by atoms with Crippen molar-refractivity contribution in [1.29, 1.82) is 0 Å². The van der Waals surface area contributed by atoms with E-state index in [-0.39, 0.29) is 18.3 Å². The van der Waals surface area contributed by atoms with E-state index in [0.717, 1.165) is 42.5 Å². The van der Waals surface area contributed by atoms with E-state index in [1.165, 1.54) is 6.42 Å². The molecule has 0 heterocycles. The number of amides is 1. The molecule has 3 N–H and O–H groups in total. The van der Waals surface area contributed by atoms with E-state index < -0.39 is 5.54 Å². The summed E-state index contributed by atoms with van der Waals surface area (Å²) in [5.41, 5.74) is 8.70. The molecule has 2 rings (SSSR count). The van der Waals surface area contributed by atoms with Crippen molar-refractivity contribution >= 4 is 24.0 Å². The van der Waals surface area contributed by atoms with Crippen molar-refractivity contribution < 1.29 is 4.79 Å². The highest BCUT2D eigenvalue weighted by molar-refractivity contribution is 5.98. The number of carbonyl (C=O) groups is 1. The van der Waals surface area contributed by atoms with Crippen LogP contribution < -0.4 is 11.1 Å². The zero-order valence-corrected chi connectivity index (χ0v) is 12.5. The lowest BCUT2D eigenvalue weighted by Gasteiger charge is -2.31. The van der Waals surface area contributed by atoms with Crippen molar-refractivity contribution in [1.82, 2.24) is 0 Å². The van der Waals surface area contributed by atoms with Gasteiger partial charge in [0.25, 0.3) is 0 Å². The molecule has 1 fully saturated rings. The minimum Gasteiger partial charge on any atom is -0.324 e. The molecule has 0 aromatic heterocycles. The number of carbonyl (C=O) groups excluding carboxylic acids is 1. The summed E-state index contributed by atoms with van der Waals surface area (Å²) in [7, 11) is 0. The number of nitrogens with one attached hydrogen (secondary N) is 1. The Morgan fingerprint density at radius 2 is 1.63 bits per heavy atom. The second-order valence-corrected chi connectivity index (χ2v) is 5.55. The number of nitrogens with two attached hydrogens (primary N) is 1. The van der Waals surface area contributed by atoms with Crippen LogP contribution in [0.3, 0.4) is 0 Å². The molecule has 1 aliphatic carbocycles. The fourth-order valence-electron chi connectivity index (χ4n) is 2.71. The Morgan fingerprint density at radius 1 is 1.11 bits per heavy atom. The smallest absolute Gasteiger partial charge is 0.244 e. The predicted molar refractivity (Wildman–Crippen MR) is 81.8 cm³/mol. The Kier molecular flexibility index (Phi) is 5.39. The quantitative estimate of drug-likeness (QED) is 0.874. The maximum Gasteiger partial charge on any atom is 0.244 e. The van der Waals surface area contributed by atoms with Crippen LogP contribution in [-0.4, -0.2) is 11.4 Å². The number of aryl methyl sites for hydroxylation is 2. The minimum atomic E-state index is -0.671. The van der Waals surface area contributed by atoms with Gasteiger partial charge in [-0.15, -0.1) is 12.4 Å². The number of anilines is 1. The van der Waals surface area contributed by atoms with Crippen LogP contribution in [0.15, 0.2) is 18.2 Å². The number of hydrogen-bond donors (Lipinski definition) is 2. The molecular weight excluding hydrogens is 260 g/mol. The lowest BCUT2D eigenvalue weighted by molar-refractivity contribution is -0.122. The molecule has 1 amide bonds. The Hall–Kier alpha value is -1.06. The predicted octanol–water partition coefficient (Wildman–Crippen LogP) is 3.33. The average Bonchev–Trinajstić information content (AvgIpc) is 2.28. The van der Waals surface area contributed by atoms with E-state index in [2.05, 4.69) is 11.4 Å². The third-order valence-corrected chi connectivity index (χ3v) is 3.68. The van der Waals surface area contributed by atoms with Crippen molar-refractivity contribution in [2.24, 2.45) is 5.73 Å². The molecule has 0 aliphatic heterocycles. The van der Waals surface area contributed by atoms with Crippen molar-refractivity contribution in [2.45, 2.75) is 51.5 Å². The molecule has 0 spiro atoms. The van der Waals surface area contributed by atoms with Gasteiger partial charge in [0.1, 0.15) is 0 Å². The summed E-state index contributed by atoms with van der Waals surface area (Å²) in [6.45, 7) is 4.06. The van der Waals surface area contributed by atoms with Gasteiger partial charge in [0.05, 0.1) is 5.54 Å². The van der Waals surface area contributed by atoms with Gasteiger partial charge in [-0.1, -0.05) is 25.3 Å². The van der Waals surface area contributed by atoms with Gasteiger partial charge in [-0.2, -0.15) is 0 Å². The molecule has 0 saturated heterocycles. The highest BCUT2D eigenvalue weighted by atomic mass is 35.5. The van der Waals surface area contributed by atoms with Crippen LogP contribution in [0.5, 0.6) is 0 Å². The van der Waals surface area contributed by atoms with Gasteiger partial charge in [0, 0.05) is 5.69 Å². The maximum atomic E-state index is 12.3. The Morgan fingerprint density at radius 3 is 2.16 bits per heavy atom. The summed E-state index contributed by atoms with van der Waals surface area (Å²) in [4.78, 5) is 12.3. The first-order valence-electron chi connectivity index (χ1n) is 6.68. The number of hydrogen-bond acceptors (Lipinski definition) is 2. The normalized spacial score (nSPS) is 17.4. The van der Waals surface area contributed by atoms with Gasteiger partial charge < -0.3 is 11.1 Å². The van der Waals surface area contributed by atoms with E-state index in [9.17, 15) is 4.79 Å². The van der Waals surface area contributed by atoms with Crippen LogP contribution in [0.1, 0.15) is 43.2 Å². The van der Waals surface area contributed by atoms with Gasteiger partial charge in [-0.25, -0.2) is 0 Å². The zero-order valence-electron chi connectivity index (χ0n) is 11.7. The number of benzene rings is 1. The van der Waals surface area contributed by atoms with E-state index >= 15 is 0 Å². The molecule has 1 aromatic carbocycles.